The van der Waals surface area contributed by atoms with Crippen molar-refractivity contribution >= 4 is 11.4 Å². The van der Waals surface area contributed by atoms with E-state index in [0.717, 1.165) is 11.1 Å². The molecule has 7 nitrogen and oxygen atoms in total. The number of fused-ring (bicyclic) bond motifs is 1. The van der Waals surface area contributed by atoms with Crippen LogP contribution in [-0.4, -0.2) is 25.7 Å². The van der Waals surface area contributed by atoms with Crippen molar-refractivity contribution in [1.82, 2.24) is 25.1 Å². The lowest BCUT2D eigenvalue weighted by atomic mass is 10.1. The molecular weight excluding hydrogens is 282 g/mol. The summed E-state index contributed by atoms with van der Waals surface area (Å²) in [5.74, 6) is -0.425. The topological polar surface area (TPSA) is 92.2 Å². The van der Waals surface area contributed by atoms with Gasteiger partial charge in [0.2, 0.25) is 0 Å². The second kappa shape index (κ2) is 5.44. The lowest BCUT2D eigenvalue weighted by Crippen LogP contribution is -2.25. The van der Waals surface area contributed by atoms with Gasteiger partial charge in [0, 0.05) is 12.2 Å². The molecular formula is C15H15N5O2. The number of nitrogens with zero attached hydrogens (tertiary/aromatic N) is 3. The lowest BCUT2D eigenvalue weighted by molar-refractivity contribution is 0.0947. The number of H-pyrrole nitrogens is 1. The summed E-state index contributed by atoms with van der Waals surface area (Å²) in [4.78, 5) is 26.8. The second-order valence-corrected chi connectivity index (χ2v) is 5.17. The van der Waals surface area contributed by atoms with E-state index in [2.05, 4.69) is 20.6 Å². The van der Waals surface area contributed by atoms with Gasteiger partial charge in [0.1, 0.15) is 0 Å². The van der Waals surface area contributed by atoms with E-state index >= 15 is 0 Å². The van der Waals surface area contributed by atoms with E-state index in [1.807, 2.05) is 31.2 Å². The molecule has 2 N–H and O–H groups in total. The van der Waals surface area contributed by atoms with Crippen molar-refractivity contribution in [2.24, 2.45) is 0 Å². The minimum atomic E-state index is -0.425. The van der Waals surface area contributed by atoms with Crippen LogP contribution in [0.4, 0.5) is 0 Å². The number of benzene rings is 1. The van der Waals surface area contributed by atoms with Gasteiger partial charge >= 0.3 is 0 Å². The van der Waals surface area contributed by atoms with Crippen molar-refractivity contribution in [3.8, 4) is 0 Å². The first kappa shape index (κ1) is 14.0. The summed E-state index contributed by atoms with van der Waals surface area (Å²) >= 11 is 0. The fraction of sp³-hybridized carbons (Fsp3) is 0.200. The van der Waals surface area contributed by atoms with Gasteiger partial charge in [-0.15, -0.1) is 5.10 Å². The first-order chi connectivity index (χ1) is 10.5. The Balaban J connectivity index is 1.85. The number of nitrogens with one attached hydrogen (secondary N) is 2. The van der Waals surface area contributed by atoms with E-state index in [9.17, 15) is 9.59 Å². The quantitative estimate of drug-likeness (QED) is 0.753. The number of carbonyl (C=O) groups is 1. The highest BCUT2D eigenvalue weighted by Crippen LogP contribution is 2.06. The van der Waals surface area contributed by atoms with Gasteiger partial charge in [-0.25, -0.2) is 4.52 Å². The molecule has 3 aromatic rings. The van der Waals surface area contributed by atoms with Gasteiger partial charge in [-0.1, -0.05) is 35.0 Å². The minimum Gasteiger partial charge on any atom is -0.346 e. The number of carbonyl (C=O) groups excluding carboxylic acids is 1. The summed E-state index contributed by atoms with van der Waals surface area (Å²) in [7, 11) is 0. The van der Waals surface area contributed by atoms with Crippen molar-refractivity contribution in [3.63, 3.8) is 0 Å². The number of aromatic nitrogens is 4. The molecule has 2 aromatic heterocycles. The van der Waals surface area contributed by atoms with Gasteiger partial charge in [0.25, 0.3) is 11.5 Å². The zero-order valence-corrected chi connectivity index (χ0v) is 12.3. The number of aryl methyl sites for hydroxylation is 2. The highest BCUT2D eigenvalue weighted by Gasteiger charge is 2.17. The van der Waals surface area contributed by atoms with Gasteiger partial charge in [-0.2, -0.15) is 0 Å². The van der Waals surface area contributed by atoms with E-state index in [1.165, 1.54) is 4.52 Å². The van der Waals surface area contributed by atoms with Crippen LogP contribution < -0.4 is 10.9 Å². The predicted octanol–water partition coefficient (Wildman–Crippen LogP) is 0.964. The Labute approximate surface area is 126 Å². The molecule has 1 amide bonds. The molecule has 0 radical (unpaired) electrons. The minimum absolute atomic E-state index is 0.0221. The predicted molar refractivity (Wildman–Crippen MR) is 80.7 cm³/mol. The number of aromatic amines is 1. The molecule has 112 valence electrons. The summed E-state index contributed by atoms with van der Waals surface area (Å²) in [5.41, 5.74) is 2.53. The van der Waals surface area contributed by atoms with Crippen molar-refractivity contribution in [3.05, 3.63) is 63.3 Å². The molecule has 0 aliphatic rings. The molecule has 0 atom stereocenters. The van der Waals surface area contributed by atoms with E-state index in [-0.39, 0.29) is 16.8 Å². The molecule has 0 bridgehead atoms. The number of hydrogen-bond donors (Lipinski definition) is 2. The Bertz CT molecular complexity index is 910. The average Bonchev–Trinajstić information content (AvgIpc) is 2.89. The first-order valence-corrected chi connectivity index (χ1v) is 6.83. The van der Waals surface area contributed by atoms with Crippen molar-refractivity contribution < 1.29 is 4.79 Å². The lowest BCUT2D eigenvalue weighted by Gasteiger charge is -2.04. The first-order valence-electron chi connectivity index (χ1n) is 6.83. The molecule has 0 fully saturated rings. The number of hydrogen-bond acceptors (Lipinski definition) is 4. The highest BCUT2D eigenvalue weighted by atomic mass is 16.2. The number of rotatable bonds is 3. The van der Waals surface area contributed by atoms with Crippen LogP contribution >= 0.6 is 0 Å². The normalized spacial score (nSPS) is 10.8. The van der Waals surface area contributed by atoms with Crippen LogP contribution in [0.5, 0.6) is 0 Å². The summed E-state index contributed by atoms with van der Waals surface area (Å²) in [6.45, 7) is 4.09. The zero-order valence-electron chi connectivity index (χ0n) is 12.3. The van der Waals surface area contributed by atoms with Crippen LogP contribution in [0.1, 0.15) is 27.3 Å². The highest BCUT2D eigenvalue weighted by molar-refractivity contribution is 5.98. The van der Waals surface area contributed by atoms with Gasteiger partial charge in [0.15, 0.2) is 11.2 Å². The van der Waals surface area contributed by atoms with Crippen LogP contribution in [0.2, 0.25) is 0 Å². The molecule has 3 rings (SSSR count). The second-order valence-electron chi connectivity index (χ2n) is 5.17. The monoisotopic (exact) mass is 297 g/mol. The van der Waals surface area contributed by atoms with E-state index < -0.39 is 5.91 Å². The van der Waals surface area contributed by atoms with Gasteiger partial charge < -0.3 is 10.3 Å². The third-order valence-corrected chi connectivity index (χ3v) is 3.29. The van der Waals surface area contributed by atoms with E-state index in [1.54, 1.807) is 13.1 Å². The maximum Gasteiger partial charge on any atom is 0.276 e. The molecule has 0 saturated carbocycles. The molecule has 2 heterocycles. The Morgan fingerprint density at radius 1 is 1.36 bits per heavy atom. The van der Waals surface area contributed by atoms with Crippen LogP contribution in [0.25, 0.3) is 5.52 Å². The van der Waals surface area contributed by atoms with Gasteiger partial charge in [-0.05, 0) is 19.4 Å². The molecule has 0 aliphatic carbocycles. The summed E-state index contributed by atoms with van der Waals surface area (Å²) in [6, 6.07) is 7.82. The Morgan fingerprint density at radius 2 is 2.18 bits per heavy atom. The van der Waals surface area contributed by atoms with Gasteiger partial charge in [-0.3, -0.25) is 9.59 Å². The summed E-state index contributed by atoms with van der Waals surface area (Å²) in [6.07, 6.45) is 1.61. The van der Waals surface area contributed by atoms with Crippen LogP contribution in [0, 0.1) is 13.8 Å². The Kier molecular flexibility index (Phi) is 3.46. The molecule has 0 saturated heterocycles. The summed E-state index contributed by atoms with van der Waals surface area (Å²) in [5, 5.41) is 10.4. The fourth-order valence-electron chi connectivity index (χ4n) is 2.29. The van der Waals surface area contributed by atoms with Crippen LogP contribution in [0.15, 0.2) is 35.3 Å². The van der Waals surface area contributed by atoms with Crippen molar-refractivity contribution in [1.29, 1.82) is 0 Å². The fourth-order valence-corrected chi connectivity index (χ4v) is 2.29. The Hall–Kier alpha value is -2.96. The van der Waals surface area contributed by atoms with Crippen LogP contribution in [0.3, 0.4) is 0 Å². The largest absolute Gasteiger partial charge is 0.346 e. The van der Waals surface area contributed by atoms with Gasteiger partial charge in [0.05, 0.1) is 6.20 Å². The Morgan fingerprint density at radius 3 is 2.95 bits per heavy atom. The van der Waals surface area contributed by atoms with Crippen LogP contribution in [-0.2, 0) is 6.54 Å². The number of amides is 1. The molecule has 1 aromatic carbocycles. The maximum atomic E-state index is 12.2. The third-order valence-electron chi connectivity index (χ3n) is 3.29. The standard InChI is InChI=1S/C15H15N5O2/c1-9-4-3-5-11(6-9)7-16-14(21)12-13-15(22)17-10(2)8-20(13)19-18-12/h3-6,8H,7H2,1-2H3,(H,16,21)(H,17,22). The zero-order chi connectivity index (χ0) is 15.7. The van der Waals surface area contributed by atoms with E-state index in [0.29, 0.717) is 12.2 Å². The third kappa shape index (κ3) is 2.60. The van der Waals surface area contributed by atoms with Crippen molar-refractivity contribution in [2.75, 3.05) is 0 Å². The molecule has 0 spiro atoms. The molecule has 7 heteroatoms. The van der Waals surface area contributed by atoms with E-state index in [4.69, 9.17) is 0 Å². The maximum absolute atomic E-state index is 12.2. The molecule has 22 heavy (non-hydrogen) atoms. The average molecular weight is 297 g/mol. The molecule has 0 unspecified atom stereocenters. The molecule has 0 aliphatic heterocycles. The van der Waals surface area contributed by atoms with Crippen molar-refractivity contribution in [2.45, 2.75) is 20.4 Å². The smallest absolute Gasteiger partial charge is 0.276 e. The SMILES string of the molecule is Cc1cccc(CNC(=O)c2nnn3cc(C)[nH]c(=O)c23)c1. The summed E-state index contributed by atoms with van der Waals surface area (Å²) < 4.78 is 1.32.